The molecule has 1 aromatic carbocycles. The zero-order chi connectivity index (χ0) is 13.5. The molecular formula is C15H20FNOS. The van der Waals surface area contributed by atoms with E-state index in [1.165, 1.54) is 6.42 Å². The molecule has 4 heteroatoms. The van der Waals surface area contributed by atoms with E-state index in [9.17, 15) is 0 Å². The fourth-order valence-corrected chi connectivity index (χ4v) is 4.38. The number of alkyl halides is 1. The van der Waals surface area contributed by atoms with E-state index in [0.29, 0.717) is 18.2 Å². The lowest BCUT2D eigenvalue weighted by Crippen LogP contribution is -2.33. The molecule has 3 rings (SSSR count). The average Bonchev–Trinajstić information content (AvgIpc) is 2.95. The second-order valence-corrected chi connectivity index (χ2v) is 6.61. The monoisotopic (exact) mass is 281 g/mol. The van der Waals surface area contributed by atoms with Gasteiger partial charge in [0.15, 0.2) is 0 Å². The van der Waals surface area contributed by atoms with Gasteiger partial charge in [-0.15, -0.1) is 11.8 Å². The van der Waals surface area contributed by atoms with Crippen molar-refractivity contribution in [1.29, 1.82) is 0 Å². The third kappa shape index (κ3) is 2.36. The number of halogens is 1. The molecule has 0 unspecified atom stereocenters. The first-order valence-corrected chi connectivity index (χ1v) is 7.81. The Morgan fingerprint density at radius 3 is 3.05 bits per heavy atom. The fourth-order valence-electron chi connectivity index (χ4n) is 3.16. The average molecular weight is 281 g/mol. The maximum atomic E-state index is 15.3. The van der Waals surface area contributed by atoms with Crippen molar-refractivity contribution < 1.29 is 9.13 Å². The number of nitrogens with zero attached hydrogens (tertiary/aromatic N) is 1. The van der Waals surface area contributed by atoms with Gasteiger partial charge in [0.2, 0.25) is 0 Å². The van der Waals surface area contributed by atoms with E-state index in [4.69, 9.17) is 4.74 Å². The topological polar surface area (TPSA) is 12.5 Å². The van der Waals surface area contributed by atoms with Gasteiger partial charge in [0.1, 0.15) is 11.4 Å². The van der Waals surface area contributed by atoms with E-state index in [1.54, 1.807) is 18.9 Å². The molecule has 1 fully saturated rings. The van der Waals surface area contributed by atoms with E-state index < -0.39 is 5.67 Å². The molecule has 0 radical (unpaired) electrons. The largest absolute Gasteiger partial charge is 0.497 e. The Morgan fingerprint density at radius 1 is 1.53 bits per heavy atom. The molecule has 1 aromatic rings. The predicted molar refractivity (Wildman–Crippen MR) is 76.8 cm³/mol. The first kappa shape index (κ1) is 13.3. The summed E-state index contributed by atoms with van der Waals surface area (Å²) < 4.78 is 20.6. The van der Waals surface area contributed by atoms with Crippen LogP contribution in [0.3, 0.4) is 0 Å². The van der Waals surface area contributed by atoms with Crippen molar-refractivity contribution in [3.63, 3.8) is 0 Å². The van der Waals surface area contributed by atoms with Crippen molar-refractivity contribution in [1.82, 2.24) is 4.90 Å². The normalized spacial score (nSPS) is 30.6. The molecule has 0 N–H and O–H groups in total. The first-order valence-electron chi connectivity index (χ1n) is 6.83. The minimum absolute atomic E-state index is 0.378. The fraction of sp³-hybridized carbons (Fsp3) is 0.600. The Bertz CT molecular complexity index is 481. The minimum atomic E-state index is -1.20. The van der Waals surface area contributed by atoms with Crippen molar-refractivity contribution in [2.24, 2.45) is 0 Å². The Hall–Kier alpha value is -0.740. The highest BCUT2D eigenvalue weighted by Gasteiger charge is 2.43. The van der Waals surface area contributed by atoms with Crippen LogP contribution in [0.4, 0.5) is 4.39 Å². The van der Waals surface area contributed by atoms with Crippen LogP contribution in [-0.4, -0.2) is 37.4 Å². The maximum Gasteiger partial charge on any atom is 0.148 e. The third-order valence-corrected chi connectivity index (χ3v) is 5.63. The van der Waals surface area contributed by atoms with Gasteiger partial charge in [-0.25, -0.2) is 4.39 Å². The smallest absolute Gasteiger partial charge is 0.148 e. The van der Waals surface area contributed by atoms with Crippen LogP contribution >= 0.6 is 11.8 Å². The SMILES string of the molecule is COc1ccc2c(c1)[C@](F)(C[C@H]1CCCN1C)CS2. The molecule has 0 saturated carbocycles. The van der Waals surface area contributed by atoms with Crippen LogP contribution in [0, 0.1) is 0 Å². The van der Waals surface area contributed by atoms with Gasteiger partial charge in [0.25, 0.3) is 0 Å². The molecule has 0 spiro atoms. The molecule has 0 aliphatic carbocycles. The Balaban J connectivity index is 1.86. The highest BCUT2D eigenvalue weighted by molar-refractivity contribution is 7.99. The van der Waals surface area contributed by atoms with Gasteiger partial charge in [0, 0.05) is 28.7 Å². The number of hydrogen-bond donors (Lipinski definition) is 0. The molecule has 104 valence electrons. The third-order valence-electron chi connectivity index (χ3n) is 4.36. The molecule has 2 heterocycles. The van der Waals surface area contributed by atoms with Crippen molar-refractivity contribution in [2.75, 3.05) is 26.5 Å². The van der Waals surface area contributed by atoms with Crippen LogP contribution in [0.15, 0.2) is 23.1 Å². The van der Waals surface area contributed by atoms with Crippen LogP contribution in [0.2, 0.25) is 0 Å². The number of methoxy groups -OCH3 is 1. The van der Waals surface area contributed by atoms with Gasteiger partial charge in [-0.1, -0.05) is 0 Å². The van der Waals surface area contributed by atoms with Crippen molar-refractivity contribution in [3.8, 4) is 5.75 Å². The minimum Gasteiger partial charge on any atom is -0.497 e. The highest BCUT2D eigenvalue weighted by Crippen LogP contribution is 2.49. The molecule has 19 heavy (non-hydrogen) atoms. The quantitative estimate of drug-likeness (QED) is 0.842. The molecular weight excluding hydrogens is 261 g/mol. The zero-order valence-corrected chi connectivity index (χ0v) is 12.3. The summed E-state index contributed by atoms with van der Waals surface area (Å²) in [5, 5.41) is 0. The Kier molecular flexibility index (Phi) is 3.48. The summed E-state index contributed by atoms with van der Waals surface area (Å²) in [6, 6.07) is 6.16. The predicted octanol–water partition coefficient (Wildman–Crippen LogP) is 3.45. The highest BCUT2D eigenvalue weighted by atomic mass is 32.2. The van der Waals surface area contributed by atoms with E-state index in [0.717, 1.165) is 29.2 Å². The number of fused-ring (bicyclic) bond motifs is 1. The Morgan fingerprint density at radius 2 is 2.37 bits per heavy atom. The van der Waals surface area contributed by atoms with Gasteiger partial charge in [-0.3, -0.25) is 0 Å². The molecule has 2 nitrogen and oxygen atoms in total. The van der Waals surface area contributed by atoms with Gasteiger partial charge >= 0.3 is 0 Å². The van der Waals surface area contributed by atoms with Crippen LogP contribution in [0.25, 0.3) is 0 Å². The van der Waals surface area contributed by atoms with Gasteiger partial charge in [-0.2, -0.15) is 0 Å². The summed E-state index contributed by atoms with van der Waals surface area (Å²) in [6.07, 6.45) is 2.91. The lowest BCUT2D eigenvalue weighted by atomic mass is 9.90. The zero-order valence-electron chi connectivity index (χ0n) is 11.5. The molecule has 0 amide bonds. The number of likely N-dealkylation sites (tertiary alicyclic amines) is 1. The number of benzene rings is 1. The summed E-state index contributed by atoms with van der Waals surface area (Å²) in [7, 11) is 3.74. The molecule has 2 aliphatic rings. The molecule has 1 saturated heterocycles. The van der Waals surface area contributed by atoms with E-state index in [2.05, 4.69) is 11.9 Å². The van der Waals surface area contributed by atoms with E-state index in [1.807, 2.05) is 18.2 Å². The van der Waals surface area contributed by atoms with Crippen molar-refractivity contribution in [2.45, 2.75) is 35.9 Å². The second-order valence-electron chi connectivity index (χ2n) is 5.60. The lowest BCUT2D eigenvalue weighted by Gasteiger charge is -2.28. The summed E-state index contributed by atoms with van der Waals surface area (Å²) in [5.41, 5.74) is -0.366. The summed E-state index contributed by atoms with van der Waals surface area (Å²) >= 11 is 1.63. The van der Waals surface area contributed by atoms with Gasteiger partial charge in [-0.05, 0) is 44.6 Å². The van der Waals surface area contributed by atoms with Gasteiger partial charge < -0.3 is 9.64 Å². The summed E-state index contributed by atoms with van der Waals surface area (Å²) in [4.78, 5) is 3.37. The molecule has 2 aliphatic heterocycles. The van der Waals surface area contributed by atoms with Crippen molar-refractivity contribution in [3.05, 3.63) is 23.8 Å². The van der Waals surface area contributed by atoms with E-state index in [-0.39, 0.29) is 0 Å². The number of ether oxygens (including phenoxy) is 1. The van der Waals surface area contributed by atoms with Crippen LogP contribution in [-0.2, 0) is 5.67 Å². The number of rotatable bonds is 3. The first-order chi connectivity index (χ1) is 9.12. The molecule has 0 bridgehead atoms. The standard InChI is InChI=1S/C15H20FNOS/c1-17-7-3-4-11(17)9-15(16)10-19-14-6-5-12(18-2)8-13(14)15/h5-6,8,11H,3-4,7,9-10H2,1-2H3/t11-,15+/m1/s1. The van der Waals surface area contributed by atoms with Crippen LogP contribution < -0.4 is 4.74 Å². The van der Waals surface area contributed by atoms with E-state index >= 15 is 4.39 Å². The maximum absolute atomic E-state index is 15.3. The summed E-state index contributed by atoms with van der Waals surface area (Å²) in [5.74, 6) is 1.29. The van der Waals surface area contributed by atoms with Gasteiger partial charge in [0.05, 0.1) is 7.11 Å². The molecule has 0 aromatic heterocycles. The Labute approximate surface area is 118 Å². The lowest BCUT2D eigenvalue weighted by molar-refractivity contribution is 0.133. The number of thioether (sulfide) groups is 1. The van der Waals surface area contributed by atoms with Crippen molar-refractivity contribution >= 4 is 11.8 Å². The summed E-state index contributed by atoms with van der Waals surface area (Å²) in [6.45, 7) is 1.10. The van der Waals surface area contributed by atoms with Crippen LogP contribution in [0.1, 0.15) is 24.8 Å². The molecule has 2 atom stereocenters. The van der Waals surface area contributed by atoms with Crippen LogP contribution in [0.5, 0.6) is 5.75 Å². The number of hydrogen-bond acceptors (Lipinski definition) is 3. The second kappa shape index (κ2) is 4.98.